The minimum atomic E-state index is -1.61. The molecule has 1 amide bonds. The van der Waals surface area contributed by atoms with Crippen LogP contribution in [0.5, 0.6) is 0 Å². The summed E-state index contributed by atoms with van der Waals surface area (Å²) in [7, 11) is 0. The minimum Gasteiger partial charge on any atom is -0.479 e. The number of hydrogen-bond acceptors (Lipinski definition) is 3. The molecule has 2 atom stereocenters. The van der Waals surface area contributed by atoms with Crippen molar-refractivity contribution >= 4 is 11.9 Å². The Hall–Kier alpha value is -1.10. The topological polar surface area (TPSA) is 86.6 Å². The van der Waals surface area contributed by atoms with Crippen LogP contribution in [-0.2, 0) is 9.59 Å². The number of carbonyl (C=O) groups is 2. The van der Waals surface area contributed by atoms with E-state index >= 15 is 0 Å². The number of hydrogen-bond donors (Lipinski definition) is 3. The first-order chi connectivity index (χ1) is 5.30. The van der Waals surface area contributed by atoms with Crippen LogP contribution in [0.2, 0.25) is 0 Å². The average molecular weight is 175 g/mol. The Morgan fingerprint density at radius 3 is 2.00 bits per heavy atom. The van der Waals surface area contributed by atoms with Crippen LogP contribution in [0.3, 0.4) is 0 Å². The van der Waals surface area contributed by atoms with Gasteiger partial charge in [0.15, 0.2) is 5.54 Å². The highest BCUT2D eigenvalue weighted by molar-refractivity contribution is 5.86. The molecule has 3 N–H and O–H groups in total. The Kier molecular flexibility index (Phi) is 3.21. The molecule has 5 heteroatoms. The summed E-state index contributed by atoms with van der Waals surface area (Å²) in [6, 6.07) is 0. The second-order valence-electron chi connectivity index (χ2n) is 2.86. The second kappa shape index (κ2) is 3.53. The van der Waals surface area contributed by atoms with Crippen LogP contribution in [0.4, 0.5) is 0 Å². The molecule has 0 spiro atoms. The van der Waals surface area contributed by atoms with E-state index in [1.807, 2.05) is 0 Å². The fourth-order valence-corrected chi connectivity index (χ4v) is 0.702. The predicted molar refractivity (Wildman–Crippen MR) is 41.5 cm³/mol. The molecule has 0 aromatic carbocycles. The number of nitrogens with one attached hydrogen (secondary N) is 1. The molecule has 70 valence electrons. The fourth-order valence-electron chi connectivity index (χ4n) is 0.702. The molecule has 0 bridgehead atoms. The van der Waals surface area contributed by atoms with Gasteiger partial charge in [0.25, 0.3) is 0 Å². The zero-order valence-electron chi connectivity index (χ0n) is 7.29. The zero-order chi connectivity index (χ0) is 9.94. The number of carbonyl (C=O) groups excluding carboxylic acids is 1. The molecule has 0 aromatic rings. The van der Waals surface area contributed by atoms with Crippen LogP contribution >= 0.6 is 0 Å². The van der Waals surface area contributed by atoms with Gasteiger partial charge in [-0.2, -0.15) is 0 Å². The van der Waals surface area contributed by atoms with Crippen molar-refractivity contribution in [3.63, 3.8) is 0 Å². The van der Waals surface area contributed by atoms with Crippen molar-refractivity contribution in [3.8, 4) is 0 Å². The first-order valence-corrected chi connectivity index (χ1v) is 3.51. The fraction of sp³-hybridized carbons (Fsp3) is 0.714. The van der Waals surface area contributed by atoms with Crippen molar-refractivity contribution in [3.05, 3.63) is 0 Å². The summed E-state index contributed by atoms with van der Waals surface area (Å²) in [5.41, 5.74) is -1.61. The van der Waals surface area contributed by atoms with Crippen molar-refractivity contribution in [2.45, 2.75) is 32.4 Å². The van der Waals surface area contributed by atoms with Gasteiger partial charge >= 0.3 is 5.97 Å². The molecule has 0 aliphatic rings. The number of aliphatic hydroxyl groups excluding tert-OH is 1. The van der Waals surface area contributed by atoms with Gasteiger partial charge in [0.1, 0.15) is 0 Å². The van der Waals surface area contributed by atoms with Gasteiger partial charge < -0.3 is 15.5 Å². The lowest BCUT2D eigenvalue weighted by Gasteiger charge is -2.28. The summed E-state index contributed by atoms with van der Waals surface area (Å²) >= 11 is 0. The lowest BCUT2D eigenvalue weighted by Crippen LogP contribution is -2.58. The maximum atomic E-state index is 10.6. The SMILES string of the molecule is CC(=O)N[C@](C)(C(=O)O)[C@@H](C)O. The van der Waals surface area contributed by atoms with Crippen molar-refractivity contribution in [1.29, 1.82) is 0 Å². The first-order valence-electron chi connectivity index (χ1n) is 3.51. The summed E-state index contributed by atoms with van der Waals surface area (Å²) in [6.45, 7) is 3.76. The van der Waals surface area contributed by atoms with E-state index in [0.717, 1.165) is 0 Å². The molecule has 0 heterocycles. The van der Waals surface area contributed by atoms with Gasteiger partial charge in [-0.25, -0.2) is 4.79 Å². The Morgan fingerprint density at radius 2 is 1.92 bits per heavy atom. The van der Waals surface area contributed by atoms with Crippen LogP contribution in [-0.4, -0.2) is 33.7 Å². The van der Waals surface area contributed by atoms with Gasteiger partial charge in [-0.3, -0.25) is 4.79 Å². The maximum absolute atomic E-state index is 10.6. The Labute approximate surface area is 70.4 Å². The highest BCUT2D eigenvalue weighted by Gasteiger charge is 2.38. The lowest BCUT2D eigenvalue weighted by atomic mass is 9.96. The summed E-state index contributed by atoms with van der Waals surface area (Å²) in [5.74, 6) is -1.74. The molecular formula is C7H13NO4. The second-order valence-corrected chi connectivity index (χ2v) is 2.86. The Bertz CT molecular complexity index is 202. The number of aliphatic carboxylic acids is 1. The molecule has 0 saturated carbocycles. The molecule has 0 saturated heterocycles. The molecule has 0 aliphatic heterocycles. The third-order valence-electron chi connectivity index (χ3n) is 1.72. The number of carboxylic acid groups (broad SMARTS) is 1. The van der Waals surface area contributed by atoms with Crippen LogP contribution in [0.25, 0.3) is 0 Å². The molecule has 0 radical (unpaired) electrons. The summed E-state index contributed by atoms with van der Waals surface area (Å²) in [4.78, 5) is 21.2. The van der Waals surface area contributed by atoms with Crippen LogP contribution in [0.15, 0.2) is 0 Å². The van der Waals surface area contributed by atoms with Gasteiger partial charge in [0.05, 0.1) is 6.10 Å². The van der Waals surface area contributed by atoms with Crippen LogP contribution in [0, 0.1) is 0 Å². The zero-order valence-corrected chi connectivity index (χ0v) is 7.29. The monoisotopic (exact) mass is 175 g/mol. The van der Waals surface area contributed by atoms with E-state index in [-0.39, 0.29) is 0 Å². The Morgan fingerprint density at radius 1 is 1.50 bits per heavy atom. The van der Waals surface area contributed by atoms with E-state index in [1.165, 1.54) is 20.8 Å². The van der Waals surface area contributed by atoms with E-state index < -0.39 is 23.5 Å². The number of rotatable bonds is 3. The van der Waals surface area contributed by atoms with E-state index in [9.17, 15) is 9.59 Å². The molecule has 12 heavy (non-hydrogen) atoms. The molecular weight excluding hydrogens is 162 g/mol. The molecule has 0 fully saturated rings. The first kappa shape index (κ1) is 10.9. The number of aliphatic hydroxyl groups is 1. The highest BCUT2D eigenvalue weighted by atomic mass is 16.4. The number of amides is 1. The van der Waals surface area contributed by atoms with Crippen molar-refractivity contribution in [2.24, 2.45) is 0 Å². The smallest absolute Gasteiger partial charge is 0.331 e. The quantitative estimate of drug-likeness (QED) is 0.531. The lowest BCUT2D eigenvalue weighted by molar-refractivity contribution is -0.151. The van der Waals surface area contributed by atoms with E-state index in [0.29, 0.717) is 0 Å². The summed E-state index contributed by atoms with van der Waals surface area (Å²) in [5, 5.41) is 19.9. The van der Waals surface area contributed by atoms with Crippen LogP contribution < -0.4 is 5.32 Å². The van der Waals surface area contributed by atoms with E-state index in [2.05, 4.69) is 5.32 Å². The molecule has 0 unspecified atom stereocenters. The van der Waals surface area contributed by atoms with Gasteiger partial charge in [-0.15, -0.1) is 0 Å². The summed E-state index contributed by atoms with van der Waals surface area (Å²) in [6.07, 6.45) is -1.14. The van der Waals surface area contributed by atoms with Crippen molar-refractivity contribution in [2.75, 3.05) is 0 Å². The largest absolute Gasteiger partial charge is 0.479 e. The normalized spacial score (nSPS) is 17.7. The number of carboxylic acids is 1. The van der Waals surface area contributed by atoms with Crippen molar-refractivity contribution < 1.29 is 19.8 Å². The standard InChI is InChI=1S/C7H13NO4/c1-4(9)7(3,6(11)12)8-5(2)10/h4,9H,1-3H3,(H,8,10)(H,11,12)/t4-,7+/m1/s1. The average Bonchev–Trinajstić information content (AvgIpc) is 1.84. The Balaban J connectivity index is 4.62. The third-order valence-corrected chi connectivity index (χ3v) is 1.72. The molecule has 0 rings (SSSR count). The van der Waals surface area contributed by atoms with Gasteiger partial charge in [0, 0.05) is 6.92 Å². The highest BCUT2D eigenvalue weighted by Crippen LogP contribution is 2.09. The molecule has 0 aromatic heterocycles. The molecule has 0 aliphatic carbocycles. The molecule has 5 nitrogen and oxygen atoms in total. The third kappa shape index (κ3) is 2.20. The van der Waals surface area contributed by atoms with Crippen molar-refractivity contribution in [1.82, 2.24) is 5.32 Å². The van der Waals surface area contributed by atoms with Crippen LogP contribution in [0.1, 0.15) is 20.8 Å². The van der Waals surface area contributed by atoms with Gasteiger partial charge in [-0.1, -0.05) is 0 Å². The minimum absolute atomic E-state index is 0.485. The summed E-state index contributed by atoms with van der Waals surface area (Å²) < 4.78 is 0. The van der Waals surface area contributed by atoms with Gasteiger partial charge in [-0.05, 0) is 13.8 Å². The van der Waals surface area contributed by atoms with E-state index in [4.69, 9.17) is 10.2 Å². The predicted octanol–water partition coefficient (Wildman–Crippen LogP) is -0.653. The maximum Gasteiger partial charge on any atom is 0.331 e. The van der Waals surface area contributed by atoms with Gasteiger partial charge in [0.2, 0.25) is 5.91 Å². The van der Waals surface area contributed by atoms with E-state index in [1.54, 1.807) is 0 Å².